The fourth-order valence-electron chi connectivity index (χ4n) is 1.80. The number of rotatable bonds is 3. The van der Waals surface area contributed by atoms with E-state index >= 15 is 0 Å². The zero-order chi connectivity index (χ0) is 12.4. The van der Waals surface area contributed by atoms with Gasteiger partial charge in [-0.2, -0.15) is 0 Å². The maximum absolute atomic E-state index is 6.19. The van der Waals surface area contributed by atoms with Gasteiger partial charge in [0.2, 0.25) is 0 Å². The lowest BCUT2D eigenvalue weighted by atomic mass is 10.0. The normalized spacial score (nSPS) is 12.7. The van der Waals surface area contributed by atoms with E-state index in [1.165, 1.54) is 0 Å². The summed E-state index contributed by atoms with van der Waals surface area (Å²) < 4.78 is 5.62. The Labute approximate surface area is 111 Å². The van der Waals surface area contributed by atoms with E-state index in [1.54, 1.807) is 12.1 Å². The molecule has 0 radical (unpaired) electrons. The second-order valence-electron chi connectivity index (χ2n) is 3.84. The molecule has 4 heteroatoms. The Kier molecular flexibility index (Phi) is 3.77. The highest BCUT2D eigenvalue weighted by Crippen LogP contribution is 2.31. The maximum atomic E-state index is 6.19. The Balaban J connectivity index is 2.45. The van der Waals surface area contributed by atoms with Crippen LogP contribution < -0.4 is 5.32 Å². The summed E-state index contributed by atoms with van der Waals surface area (Å²) in [5.74, 6) is 1.70. The van der Waals surface area contributed by atoms with Crippen LogP contribution in [-0.4, -0.2) is 7.05 Å². The van der Waals surface area contributed by atoms with Gasteiger partial charge in [-0.1, -0.05) is 23.2 Å². The van der Waals surface area contributed by atoms with Gasteiger partial charge in [-0.3, -0.25) is 0 Å². The lowest BCUT2D eigenvalue weighted by Crippen LogP contribution is -2.17. The van der Waals surface area contributed by atoms with Crippen molar-refractivity contribution in [3.63, 3.8) is 0 Å². The van der Waals surface area contributed by atoms with Gasteiger partial charge in [0, 0.05) is 10.0 Å². The Bertz CT molecular complexity index is 522. The van der Waals surface area contributed by atoms with E-state index in [1.807, 2.05) is 32.2 Å². The van der Waals surface area contributed by atoms with E-state index in [-0.39, 0.29) is 6.04 Å². The Morgan fingerprint density at radius 2 is 1.94 bits per heavy atom. The monoisotopic (exact) mass is 269 g/mol. The fourth-order valence-corrected chi connectivity index (χ4v) is 2.20. The van der Waals surface area contributed by atoms with Crippen molar-refractivity contribution in [2.75, 3.05) is 7.05 Å². The molecule has 17 heavy (non-hydrogen) atoms. The first-order valence-electron chi connectivity index (χ1n) is 5.30. The average molecular weight is 270 g/mol. The third-order valence-corrected chi connectivity index (χ3v) is 3.18. The van der Waals surface area contributed by atoms with Crippen molar-refractivity contribution in [3.05, 3.63) is 57.5 Å². The van der Waals surface area contributed by atoms with Gasteiger partial charge < -0.3 is 9.73 Å². The summed E-state index contributed by atoms with van der Waals surface area (Å²) in [5, 5.41) is 4.51. The summed E-state index contributed by atoms with van der Waals surface area (Å²) in [5.41, 5.74) is 0.913. The summed E-state index contributed by atoms with van der Waals surface area (Å²) in [7, 11) is 1.86. The first kappa shape index (κ1) is 12.5. The molecule has 1 N–H and O–H groups in total. The predicted molar refractivity (Wildman–Crippen MR) is 70.8 cm³/mol. The van der Waals surface area contributed by atoms with Crippen LogP contribution in [0.3, 0.4) is 0 Å². The van der Waals surface area contributed by atoms with Gasteiger partial charge in [0.05, 0.1) is 6.04 Å². The van der Waals surface area contributed by atoms with Crippen molar-refractivity contribution in [1.82, 2.24) is 5.32 Å². The van der Waals surface area contributed by atoms with Crippen LogP contribution in [0.25, 0.3) is 0 Å². The zero-order valence-corrected chi connectivity index (χ0v) is 11.1. The molecule has 0 aliphatic carbocycles. The molecule has 90 valence electrons. The molecule has 2 aromatic rings. The smallest absolute Gasteiger partial charge is 0.125 e. The third-order valence-electron chi connectivity index (χ3n) is 2.60. The topological polar surface area (TPSA) is 25.2 Å². The molecule has 0 spiro atoms. The van der Waals surface area contributed by atoms with Gasteiger partial charge >= 0.3 is 0 Å². The average Bonchev–Trinajstić information content (AvgIpc) is 2.71. The molecule has 0 aliphatic rings. The van der Waals surface area contributed by atoms with E-state index in [0.717, 1.165) is 17.1 Å². The fraction of sp³-hybridized carbons (Fsp3) is 0.231. The van der Waals surface area contributed by atoms with Crippen molar-refractivity contribution in [2.24, 2.45) is 0 Å². The van der Waals surface area contributed by atoms with E-state index < -0.39 is 0 Å². The van der Waals surface area contributed by atoms with E-state index in [4.69, 9.17) is 27.6 Å². The molecule has 2 nitrogen and oxygen atoms in total. The Morgan fingerprint density at radius 3 is 2.53 bits per heavy atom. The number of benzene rings is 1. The number of aryl methyl sites for hydroxylation is 1. The molecule has 0 bridgehead atoms. The van der Waals surface area contributed by atoms with Crippen LogP contribution >= 0.6 is 23.2 Å². The quantitative estimate of drug-likeness (QED) is 0.904. The van der Waals surface area contributed by atoms with Gasteiger partial charge in [0.25, 0.3) is 0 Å². The molecule has 0 amide bonds. The van der Waals surface area contributed by atoms with E-state index in [2.05, 4.69) is 5.32 Å². The van der Waals surface area contributed by atoms with Crippen LogP contribution in [-0.2, 0) is 0 Å². The Morgan fingerprint density at radius 1 is 1.18 bits per heavy atom. The van der Waals surface area contributed by atoms with E-state index in [0.29, 0.717) is 10.0 Å². The summed E-state index contributed by atoms with van der Waals surface area (Å²) >= 11 is 12.2. The predicted octanol–water partition coefficient (Wildman–Crippen LogP) is 4.20. The van der Waals surface area contributed by atoms with Crippen molar-refractivity contribution in [1.29, 1.82) is 0 Å². The minimum atomic E-state index is -0.0881. The largest absolute Gasteiger partial charge is 0.464 e. The summed E-state index contributed by atoms with van der Waals surface area (Å²) in [6, 6.07) is 9.19. The van der Waals surface area contributed by atoms with E-state index in [9.17, 15) is 0 Å². The molecule has 0 aliphatic heterocycles. The standard InChI is InChI=1S/C13H13Cl2NO/c1-8-3-6-12(17-8)13(16-2)10-7-9(14)4-5-11(10)15/h3-7,13,16H,1-2H3. The molecule has 2 rings (SSSR count). The lowest BCUT2D eigenvalue weighted by molar-refractivity contribution is 0.444. The SMILES string of the molecule is CNC(c1ccc(C)o1)c1cc(Cl)ccc1Cl. The van der Waals surface area contributed by atoms with Crippen LogP contribution in [0.5, 0.6) is 0 Å². The molecule has 0 fully saturated rings. The van der Waals surface area contributed by atoms with Gasteiger partial charge in [-0.05, 0) is 49.9 Å². The first-order chi connectivity index (χ1) is 8.11. The third kappa shape index (κ3) is 2.65. The van der Waals surface area contributed by atoms with Crippen LogP contribution in [0.15, 0.2) is 34.7 Å². The summed E-state index contributed by atoms with van der Waals surface area (Å²) in [4.78, 5) is 0. The zero-order valence-electron chi connectivity index (χ0n) is 9.63. The highest BCUT2D eigenvalue weighted by molar-refractivity contribution is 6.33. The summed E-state index contributed by atoms with van der Waals surface area (Å²) in [6.07, 6.45) is 0. The number of hydrogen-bond acceptors (Lipinski definition) is 2. The van der Waals surface area contributed by atoms with Crippen molar-refractivity contribution < 1.29 is 4.42 Å². The molecule has 1 unspecified atom stereocenters. The maximum Gasteiger partial charge on any atom is 0.125 e. The molecule has 1 heterocycles. The molecular weight excluding hydrogens is 257 g/mol. The molecule has 0 saturated heterocycles. The van der Waals surface area contributed by atoms with Crippen LogP contribution in [0, 0.1) is 6.92 Å². The molecule has 1 aromatic carbocycles. The van der Waals surface area contributed by atoms with Crippen molar-refractivity contribution >= 4 is 23.2 Å². The minimum absolute atomic E-state index is 0.0881. The van der Waals surface area contributed by atoms with Gasteiger partial charge in [-0.15, -0.1) is 0 Å². The van der Waals surface area contributed by atoms with Gasteiger partial charge in [-0.25, -0.2) is 0 Å². The first-order valence-corrected chi connectivity index (χ1v) is 6.06. The number of nitrogens with one attached hydrogen (secondary N) is 1. The van der Waals surface area contributed by atoms with Crippen molar-refractivity contribution in [2.45, 2.75) is 13.0 Å². The number of halogens is 2. The highest BCUT2D eigenvalue weighted by Gasteiger charge is 2.18. The second kappa shape index (κ2) is 5.13. The molecule has 1 aromatic heterocycles. The summed E-state index contributed by atoms with van der Waals surface area (Å²) in [6.45, 7) is 1.91. The van der Waals surface area contributed by atoms with Crippen LogP contribution in [0.2, 0.25) is 10.0 Å². The minimum Gasteiger partial charge on any atom is -0.464 e. The molecular formula is C13H13Cl2NO. The number of hydrogen-bond donors (Lipinski definition) is 1. The highest BCUT2D eigenvalue weighted by atomic mass is 35.5. The molecule has 1 atom stereocenters. The van der Waals surface area contributed by atoms with Gasteiger partial charge in [0.15, 0.2) is 0 Å². The van der Waals surface area contributed by atoms with Crippen molar-refractivity contribution in [3.8, 4) is 0 Å². The second-order valence-corrected chi connectivity index (χ2v) is 4.68. The van der Waals surface area contributed by atoms with Crippen LogP contribution in [0.1, 0.15) is 23.1 Å². The Hall–Kier alpha value is -0.960. The lowest BCUT2D eigenvalue weighted by Gasteiger charge is -2.16. The van der Waals surface area contributed by atoms with Gasteiger partial charge in [0.1, 0.15) is 11.5 Å². The molecule has 0 saturated carbocycles. The number of furan rings is 1. The van der Waals surface area contributed by atoms with Crippen LogP contribution in [0.4, 0.5) is 0 Å².